The Morgan fingerprint density at radius 2 is 1.94 bits per heavy atom. The highest BCUT2D eigenvalue weighted by atomic mass is 35.5. The van der Waals surface area contributed by atoms with Crippen LogP contribution < -0.4 is 15.4 Å². The molecule has 5 aromatic rings. The van der Waals surface area contributed by atoms with Crippen molar-refractivity contribution in [1.29, 1.82) is 0 Å². The quantitative estimate of drug-likeness (QED) is 0.232. The molecule has 2 atom stereocenters. The van der Waals surface area contributed by atoms with Crippen LogP contribution in [0.5, 0.6) is 6.01 Å². The van der Waals surface area contributed by atoms with Crippen molar-refractivity contribution in [3.63, 3.8) is 0 Å². The zero-order valence-electron chi connectivity index (χ0n) is 27.5. The predicted octanol–water partition coefficient (Wildman–Crippen LogP) is 5.93. The second-order valence-electron chi connectivity index (χ2n) is 14.3. The molecular formula is C34H34ClF3N10O2S. The fourth-order valence-corrected chi connectivity index (χ4v) is 9.77. The Balaban J connectivity index is 1.13. The molecule has 0 saturated carbocycles. The summed E-state index contributed by atoms with van der Waals surface area (Å²) in [5.74, 6) is -0.785. The number of benzene rings is 2. The summed E-state index contributed by atoms with van der Waals surface area (Å²) in [6, 6.07) is 4.06. The monoisotopic (exact) mass is 738 g/mol. The first-order valence-electron chi connectivity index (χ1n) is 17.1. The van der Waals surface area contributed by atoms with Crippen molar-refractivity contribution in [2.45, 2.75) is 50.2 Å². The van der Waals surface area contributed by atoms with Crippen molar-refractivity contribution in [3.8, 4) is 17.1 Å². The molecule has 17 heteroatoms. The van der Waals surface area contributed by atoms with Crippen LogP contribution in [0.4, 0.5) is 28.9 Å². The normalized spacial score (nSPS) is 23.3. The van der Waals surface area contributed by atoms with Crippen molar-refractivity contribution in [1.82, 2.24) is 39.5 Å². The number of nitrogen functional groups attached to an aromatic ring is 1. The van der Waals surface area contributed by atoms with Gasteiger partial charge in [0.15, 0.2) is 10.9 Å². The lowest BCUT2D eigenvalue weighted by molar-refractivity contribution is 0.0315. The van der Waals surface area contributed by atoms with Crippen LogP contribution in [0, 0.1) is 17.0 Å². The number of hydrogen-bond acceptors (Lipinski definition) is 11. The van der Waals surface area contributed by atoms with Crippen molar-refractivity contribution in [2.24, 2.45) is 5.41 Å². The molecule has 266 valence electrons. The summed E-state index contributed by atoms with van der Waals surface area (Å²) in [5, 5.41) is 4.60. The molecular weight excluding hydrogens is 705 g/mol. The molecule has 7 heterocycles. The molecule has 2 N–H and O–H groups in total. The molecule has 0 unspecified atom stereocenters. The van der Waals surface area contributed by atoms with Crippen LogP contribution in [0.25, 0.3) is 32.2 Å². The van der Waals surface area contributed by atoms with Crippen molar-refractivity contribution in [2.75, 3.05) is 56.5 Å². The third kappa shape index (κ3) is 5.44. The van der Waals surface area contributed by atoms with Gasteiger partial charge in [-0.15, -0.1) is 0 Å². The molecule has 2 aromatic carbocycles. The van der Waals surface area contributed by atoms with Crippen LogP contribution >= 0.6 is 22.9 Å². The number of halogens is 4. The van der Waals surface area contributed by atoms with Gasteiger partial charge in [-0.25, -0.2) is 27.9 Å². The zero-order chi connectivity index (χ0) is 35.1. The number of anilines is 2. The number of carbonyl (C=O) groups excluding carboxylic acids is 1. The third-order valence-electron chi connectivity index (χ3n) is 11.0. The minimum atomic E-state index is -0.941. The Bertz CT molecular complexity index is 2180. The number of aromatic nitrogens is 6. The topological polar surface area (TPSA) is 131 Å². The number of alkyl halides is 1. The molecule has 1 spiro atoms. The zero-order valence-corrected chi connectivity index (χ0v) is 29.1. The number of likely N-dealkylation sites (tertiary alicyclic amines) is 1. The molecule has 0 radical (unpaired) electrons. The number of nitrogens with zero attached hydrogens (tertiary/aromatic N) is 9. The van der Waals surface area contributed by atoms with Gasteiger partial charge in [-0.1, -0.05) is 29.4 Å². The highest BCUT2D eigenvalue weighted by molar-refractivity contribution is 7.22. The van der Waals surface area contributed by atoms with Gasteiger partial charge in [0.1, 0.15) is 42.6 Å². The van der Waals surface area contributed by atoms with E-state index >= 15 is 4.39 Å². The van der Waals surface area contributed by atoms with E-state index in [9.17, 15) is 13.6 Å². The van der Waals surface area contributed by atoms with Crippen molar-refractivity contribution in [3.05, 3.63) is 47.5 Å². The molecule has 1 amide bonds. The second-order valence-corrected chi connectivity index (χ2v) is 15.8. The Morgan fingerprint density at radius 1 is 1.08 bits per heavy atom. The highest BCUT2D eigenvalue weighted by Gasteiger charge is 2.50. The Hall–Kier alpha value is -4.28. The highest BCUT2D eigenvalue weighted by Crippen LogP contribution is 2.46. The third-order valence-corrected chi connectivity index (χ3v) is 12.2. The summed E-state index contributed by atoms with van der Waals surface area (Å²) < 4.78 is 54.1. The second kappa shape index (κ2) is 12.2. The van der Waals surface area contributed by atoms with Gasteiger partial charge in [0.2, 0.25) is 0 Å². The number of rotatable bonds is 5. The van der Waals surface area contributed by atoms with Gasteiger partial charge in [-0.05, 0) is 50.4 Å². The van der Waals surface area contributed by atoms with Gasteiger partial charge in [0.05, 0.1) is 20.8 Å². The number of carbonyl (C=O) groups is 1. The van der Waals surface area contributed by atoms with Crippen LogP contribution in [-0.4, -0.2) is 103 Å². The number of amides is 1. The first-order valence-corrected chi connectivity index (χ1v) is 18.3. The Kier molecular flexibility index (Phi) is 7.78. The first kappa shape index (κ1) is 32.6. The van der Waals surface area contributed by atoms with Crippen LogP contribution in [0.1, 0.15) is 38.5 Å². The van der Waals surface area contributed by atoms with Gasteiger partial charge < -0.3 is 20.3 Å². The largest absolute Gasteiger partial charge is 0.461 e. The molecule has 0 aliphatic carbocycles. The van der Waals surface area contributed by atoms with Crippen LogP contribution in [0.2, 0.25) is 5.02 Å². The van der Waals surface area contributed by atoms with Gasteiger partial charge >= 0.3 is 12.0 Å². The summed E-state index contributed by atoms with van der Waals surface area (Å²) in [6.45, 7) is 3.55. The van der Waals surface area contributed by atoms with Crippen molar-refractivity contribution < 1.29 is 22.7 Å². The first-order chi connectivity index (χ1) is 24.6. The average Bonchev–Trinajstić information content (AvgIpc) is 3.86. The number of hydrogen-bond donors (Lipinski definition) is 1. The number of thiazole rings is 1. The van der Waals surface area contributed by atoms with E-state index in [1.807, 2.05) is 0 Å². The molecule has 51 heavy (non-hydrogen) atoms. The maximum atomic E-state index is 17.1. The maximum absolute atomic E-state index is 17.1. The minimum absolute atomic E-state index is 0.0134. The van der Waals surface area contributed by atoms with Crippen LogP contribution in [0.15, 0.2) is 30.9 Å². The maximum Gasteiger partial charge on any atom is 0.346 e. The minimum Gasteiger partial charge on any atom is -0.461 e. The van der Waals surface area contributed by atoms with Gasteiger partial charge in [-0.3, -0.25) is 4.90 Å². The van der Waals surface area contributed by atoms with Crippen molar-refractivity contribution >= 4 is 61.0 Å². The summed E-state index contributed by atoms with van der Waals surface area (Å²) >= 11 is 7.87. The molecule has 3 aromatic heterocycles. The standard InChI is InChI=1S/C34H34ClF3N10O2S/c35-22-10-21-26(25(38)24(22)20-4-5-23(37)28-27(20)42-30(39)51-28)43-31(50-16-34-7-3-9-47(34)12-19(36)11-34)44-29(21)45-8-2-1-6-33(13-45)14-46(15-33)32(49)48-18-40-17-41-48/h4-5,10,17-19H,1-3,6-9,11-16H2,(H2,39,42)/t19-,34+/m1/s1. The molecule has 4 aliphatic heterocycles. The molecule has 4 fully saturated rings. The van der Waals surface area contributed by atoms with E-state index in [1.165, 1.54) is 29.5 Å². The van der Waals surface area contributed by atoms with Crippen LogP contribution in [0.3, 0.4) is 0 Å². The van der Waals surface area contributed by atoms with Gasteiger partial charge in [-0.2, -0.15) is 19.7 Å². The van der Waals surface area contributed by atoms with Crippen LogP contribution in [-0.2, 0) is 0 Å². The van der Waals surface area contributed by atoms with E-state index < -0.39 is 23.3 Å². The molecule has 12 nitrogen and oxygen atoms in total. The van der Waals surface area contributed by atoms with E-state index in [4.69, 9.17) is 27.1 Å². The fraction of sp³-hybridized carbons (Fsp3) is 0.471. The lowest BCUT2D eigenvalue weighted by Crippen LogP contribution is -2.62. The molecule has 0 bridgehead atoms. The summed E-state index contributed by atoms with van der Waals surface area (Å²) in [7, 11) is 0. The SMILES string of the molecule is Nc1nc2c(-c3c(Cl)cc4c(N5CCCCC6(CN(C(=O)n7cncn7)C6)C5)nc(OC[C@@]56CCCN5C[C@H](F)C6)nc4c3F)ccc(F)c2s1. The summed E-state index contributed by atoms with van der Waals surface area (Å²) in [6.07, 6.45) is 6.55. The smallest absolute Gasteiger partial charge is 0.346 e. The Morgan fingerprint density at radius 3 is 2.76 bits per heavy atom. The number of nitrogens with two attached hydrogens (primary N) is 1. The van der Waals surface area contributed by atoms with E-state index in [1.54, 1.807) is 11.0 Å². The van der Waals surface area contributed by atoms with Gasteiger partial charge in [0.25, 0.3) is 0 Å². The average molecular weight is 739 g/mol. The molecule has 4 aliphatic rings. The van der Waals surface area contributed by atoms with Gasteiger partial charge in [0, 0.05) is 61.1 Å². The number of ether oxygens (including phenoxy) is 1. The van der Waals surface area contributed by atoms with E-state index in [-0.39, 0.29) is 61.1 Å². The Labute approximate surface area is 299 Å². The van der Waals surface area contributed by atoms with E-state index in [0.29, 0.717) is 50.3 Å². The molecule has 9 rings (SSSR count). The predicted molar refractivity (Wildman–Crippen MR) is 187 cm³/mol. The summed E-state index contributed by atoms with van der Waals surface area (Å²) in [4.78, 5) is 36.7. The van der Waals surface area contributed by atoms with E-state index in [0.717, 1.165) is 50.0 Å². The lowest BCUT2D eigenvalue weighted by atomic mass is 9.76. The lowest BCUT2D eigenvalue weighted by Gasteiger charge is -2.51. The summed E-state index contributed by atoms with van der Waals surface area (Å²) in [5.41, 5.74) is 5.74. The molecule has 4 saturated heterocycles. The fourth-order valence-electron chi connectivity index (χ4n) is 8.71. The van der Waals surface area contributed by atoms with E-state index in [2.05, 4.69) is 29.9 Å². The number of fused-ring (bicyclic) bond motifs is 3.